The van der Waals surface area contributed by atoms with Gasteiger partial charge in [0, 0.05) is 25.0 Å². The standard InChI is InChI=1S/C19H26N2O/c1-13-4-2-3-5-16(13)17-10-18(17)19(22)20-11-14-8-9-21(12-14)15-6-7-15/h2-5,14-15,17-18H,6-12H2,1H3,(H,20,22)/t14-,17-,18-/m0/s1. The third kappa shape index (κ3) is 2.91. The van der Waals surface area contributed by atoms with E-state index in [4.69, 9.17) is 0 Å². The highest BCUT2D eigenvalue weighted by Gasteiger charge is 2.44. The van der Waals surface area contributed by atoms with E-state index < -0.39 is 0 Å². The summed E-state index contributed by atoms with van der Waals surface area (Å²) in [4.78, 5) is 15.0. The van der Waals surface area contributed by atoms with Gasteiger partial charge in [-0.15, -0.1) is 0 Å². The Hall–Kier alpha value is -1.35. The Bertz CT molecular complexity index is 566. The van der Waals surface area contributed by atoms with E-state index in [9.17, 15) is 4.79 Å². The molecule has 3 aliphatic rings. The predicted octanol–water partition coefficient (Wildman–Crippen LogP) is 2.70. The summed E-state index contributed by atoms with van der Waals surface area (Å²) in [5, 5.41) is 3.22. The zero-order valence-corrected chi connectivity index (χ0v) is 13.4. The normalized spacial score (nSPS) is 31.2. The van der Waals surface area contributed by atoms with Gasteiger partial charge in [-0.05, 0) is 62.1 Å². The molecule has 1 N–H and O–H groups in total. The molecule has 0 bridgehead atoms. The van der Waals surface area contributed by atoms with E-state index in [0.29, 0.717) is 11.8 Å². The molecule has 2 saturated carbocycles. The van der Waals surface area contributed by atoms with Crippen molar-refractivity contribution in [2.24, 2.45) is 11.8 Å². The Kier molecular flexibility index (Phi) is 3.69. The van der Waals surface area contributed by atoms with E-state index in [2.05, 4.69) is 41.4 Å². The van der Waals surface area contributed by atoms with E-state index in [0.717, 1.165) is 19.0 Å². The van der Waals surface area contributed by atoms with Crippen molar-refractivity contribution in [3.05, 3.63) is 35.4 Å². The lowest BCUT2D eigenvalue weighted by atomic mass is 10.0. The second-order valence-electron chi connectivity index (χ2n) is 7.43. The van der Waals surface area contributed by atoms with Gasteiger partial charge in [-0.1, -0.05) is 24.3 Å². The fraction of sp³-hybridized carbons (Fsp3) is 0.632. The highest BCUT2D eigenvalue weighted by Crippen LogP contribution is 2.48. The lowest BCUT2D eigenvalue weighted by molar-refractivity contribution is -0.122. The minimum absolute atomic E-state index is 0.210. The second kappa shape index (κ2) is 5.69. The van der Waals surface area contributed by atoms with Crippen LogP contribution < -0.4 is 5.32 Å². The van der Waals surface area contributed by atoms with Gasteiger partial charge in [-0.2, -0.15) is 0 Å². The highest BCUT2D eigenvalue weighted by molar-refractivity contribution is 5.83. The van der Waals surface area contributed by atoms with Crippen molar-refractivity contribution in [1.82, 2.24) is 10.2 Å². The fourth-order valence-electron chi connectivity index (χ4n) is 4.01. The highest BCUT2D eigenvalue weighted by atomic mass is 16.2. The largest absolute Gasteiger partial charge is 0.356 e. The summed E-state index contributed by atoms with van der Waals surface area (Å²) in [6.45, 7) is 5.45. The molecule has 1 aliphatic heterocycles. The molecule has 0 unspecified atom stereocenters. The number of carbonyl (C=O) groups is 1. The molecule has 3 atom stereocenters. The van der Waals surface area contributed by atoms with Crippen LogP contribution in [-0.4, -0.2) is 36.5 Å². The Labute approximate surface area is 133 Å². The number of amides is 1. The van der Waals surface area contributed by atoms with Crippen molar-refractivity contribution in [2.45, 2.75) is 44.6 Å². The molecule has 0 aromatic heterocycles. The maximum Gasteiger partial charge on any atom is 0.223 e. The Morgan fingerprint density at radius 3 is 2.86 bits per heavy atom. The van der Waals surface area contributed by atoms with E-state index >= 15 is 0 Å². The van der Waals surface area contributed by atoms with Crippen LogP contribution in [0.25, 0.3) is 0 Å². The number of benzene rings is 1. The minimum Gasteiger partial charge on any atom is -0.356 e. The molecule has 22 heavy (non-hydrogen) atoms. The number of rotatable bonds is 5. The lowest BCUT2D eigenvalue weighted by Gasteiger charge is -2.15. The van der Waals surface area contributed by atoms with Crippen LogP contribution in [0.15, 0.2) is 24.3 Å². The molecule has 4 rings (SSSR count). The number of aryl methyl sites for hydroxylation is 1. The van der Waals surface area contributed by atoms with Crippen LogP contribution in [0.3, 0.4) is 0 Å². The molecule has 2 aliphatic carbocycles. The molecule has 118 valence electrons. The number of likely N-dealkylation sites (tertiary alicyclic amines) is 1. The minimum atomic E-state index is 0.210. The summed E-state index contributed by atoms with van der Waals surface area (Å²) >= 11 is 0. The summed E-state index contributed by atoms with van der Waals surface area (Å²) in [5.74, 6) is 1.60. The number of hydrogen-bond acceptors (Lipinski definition) is 2. The van der Waals surface area contributed by atoms with Crippen molar-refractivity contribution < 1.29 is 4.79 Å². The summed E-state index contributed by atoms with van der Waals surface area (Å²) in [5.41, 5.74) is 2.68. The maximum absolute atomic E-state index is 12.4. The molecular formula is C19H26N2O. The maximum atomic E-state index is 12.4. The zero-order chi connectivity index (χ0) is 15.1. The van der Waals surface area contributed by atoms with Crippen molar-refractivity contribution in [3.8, 4) is 0 Å². The van der Waals surface area contributed by atoms with E-state index in [1.807, 2.05) is 0 Å². The fourth-order valence-corrected chi connectivity index (χ4v) is 4.01. The number of nitrogens with one attached hydrogen (secondary N) is 1. The van der Waals surface area contributed by atoms with Gasteiger partial charge in [0.05, 0.1) is 0 Å². The van der Waals surface area contributed by atoms with Gasteiger partial charge in [0.15, 0.2) is 0 Å². The molecule has 3 nitrogen and oxygen atoms in total. The van der Waals surface area contributed by atoms with Gasteiger partial charge in [0.25, 0.3) is 0 Å². The molecule has 1 aromatic carbocycles. The smallest absolute Gasteiger partial charge is 0.223 e. The van der Waals surface area contributed by atoms with Gasteiger partial charge in [0.2, 0.25) is 5.91 Å². The van der Waals surface area contributed by atoms with Crippen LogP contribution >= 0.6 is 0 Å². The van der Waals surface area contributed by atoms with Crippen molar-refractivity contribution in [1.29, 1.82) is 0 Å². The molecule has 3 heteroatoms. The number of hydrogen-bond donors (Lipinski definition) is 1. The van der Waals surface area contributed by atoms with Crippen LogP contribution in [0.2, 0.25) is 0 Å². The molecule has 1 amide bonds. The first-order valence-corrected chi connectivity index (χ1v) is 8.79. The third-order valence-electron chi connectivity index (χ3n) is 5.66. The Morgan fingerprint density at radius 1 is 1.27 bits per heavy atom. The van der Waals surface area contributed by atoms with Gasteiger partial charge < -0.3 is 10.2 Å². The summed E-state index contributed by atoms with van der Waals surface area (Å²) < 4.78 is 0. The van der Waals surface area contributed by atoms with E-state index in [-0.39, 0.29) is 11.8 Å². The average Bonchev–Trinajstić information content (AvgIpc) is 3.44. The van der Waals surface area contributed by atoms with Crippen LogP contribution in [0.1, 0.15) is 42.7 Å². The third-order valence-corrected chi connectivity index (χ3v) is 5.66. The first-order chi connectivity index (χ1) is 10.7. The average molecular weight is 298 g/mol. The summed E-state index contributed by atoms with van der Waals surface area (Å²) in [6, 6.07) is 9.35. The van der Waals surface area contributed by atoms with Crippen LogP contribution in [0.4, 0.5) is 0 Å². The lowest BCUT2D eigenvalue weighted by Crippen LogP contribution is -2.32. The molecule has 0 radical (unpaired) electrons. The van der Waals surface area contributed by atoms with Crippen LogP contribution in [0, 0.1) is 18.8 Å². The molecule has 1 heterocycles. The molecule has 1 aromatic rings. The topological polar surface area (TPSA) is 32.3 Å². The van der Waals surface area contributed by atoms with Gasteiger partial charge in [0.1, 0.15) is 0 Å². The first-order valence-electron chi connectivity index (χ1n) is 8.79. The van der Waals surface area contributed by atoms with E-state index in [1.165, 1.54) is 43.5 Å². The zero-order valence-electron chi connectivity index (χ0n) is 13.4. The van der Waals surface area contributed by atoms with Crippen molar-refractivity contribution in [2.75, 3.05) is 19.6 Å². The molecular weight excluding hydrogens is 272 g/mol. The van der Waals surface area contributed by atoms with Crippen LogP contribution in [-0.2, 0) is 4.79 Å². The Balaban J connectivity index is 1.25. The summed E-state index contributed by atoms with van der Waals surface area (Å²) in [6.07, 6.45) is 5.05. The van der Waals surface area contributed by atoms with E-state index in [1.54, 1.807) is 0 Å². The quantitative estimate of drug-likeness (QED) is 0.906. The Morgan fingerprint density at radius 2 is 2.09 bits per heavy atom. The first kappa shape index (κ1) is 14.3. The molecule has 3 fully saturated rings. The number of carbonyl (C=O) groups excluding carboxylic acids is 1. The summed E-state index contributed by atoms with van der Waals surface area (Å²) in [7, 11) is 0. The van der Waals surface area contributed by atoms with Gasteiger partial charge in [-0.25, -0.2) is 0 Å². The van der Waals surface area contributed by atoms with Gasteiger partial charge in [-0.3, -0.25) is 4.79 Å². The van der Waals surface area contributed by atoms with Gasteiger partial charge >= 0.3 is 0 Å². The SMILES string of the molecule is Cc1ccccc1[C@@H]1C[C@@H]1C(=O)NC[C@@H]1CCN(C2CC2)C1. The van der Waals surface area contributed by atoms with Crippen molar-refractivity contribution in [3.63, 3.8) is 0 Å². The molecule has 0 spiro atoms. The predicted molar refractivity (Wildman–Crippen MR) is 87.7 cm³/mol. The molecule has 1 saturated heterocycles. The second-order valence-corrected chi connectivity index (χ2v) is 7.43. The van der Waals surface area contributed by atoms with Crippen molar-refractivity contribution >= 4 is 5.91 Å². The number of nitrogens with zero attached hydrogens (tertiary/aromatic N) is 1. The van der Waals surface area contributed by atoms with Crippen LogP contribution in [0.5, 0.6) is 0 Å². The monoisotopic (exact) mass is 298 g/mol.